The SMILES string of the molecule is C#C/C(=C\C=C/CC)Cc1nc(CN(CCCC)CC(C)=O)nn1-c1ccc(NF)cc1F. The number of unbranched alkanes of at least 4 members (excludes halogenated alkanes) is 1. The predicted molar refractivity (Wildman–Crippen MR) is 127 cm³/mol. The molecule has 0 bridgehead atoms. The molecule has 2 rings (SSSR count). The van der Waals surface area contributed by atoms with Crippen molar-refractivity contribution in [2.45, 2.75) is 53.0 Å². The molecule has 1 aromatic carbocycles. The van der Waals surface area contributed by atoms with Crippen LogP contribution in [-0.2, 0) is 17.8 Å². The Morgan fingerprint density at radius 3 is 2.76 bits per heavy atom. The van der Waals surface area contributed by atoms with Gasteiger partial charge < -0.3 is 0 Å². The summed E-state index contributed by atoms with van der Waals surface area (Å²) in [6.45, 7) is 6.99. The molecule has 1 heterocycles. The Bertz CT molecular complexity index is 1040. The van der Waals surface area contributed by atoms with E-state index in [1.807, 2.05) is 30.1 Å². The molecule has 1 aromatic heterocycles. The number of hydrogen-bond acceptors (Lipinski definition) is 5. The molecule has 0 spiro atoms. The molecule has 0 aliphatic heterocycles. The Hall–Kier alpha value is -3.31. The highest BCUT2D eigenvalue weighted by Gasteiger charge is 2.18. The van der Waals surface area contributed by atoms with E-state index in [2.05, 4.69) is 22.9 Å². The molecule has 0 unspecified atom stereocenters. The highest BCUT2D eigenvalue weighted by atomic mass is 19.2. The van der Waals surface area contributed by atoms with E-state index in [-0.39, 0.29) is 30.1 Å². The first kappa shape index (κ1) is 25.9. The van der Waals surface area contributed by atoms with Crippen molar-refractivity contribution < 1.29 is 13.7 Å². The van der Waals surface area contributed by atoms with E-state index >= 15 is 0 Å². The van der Waals surface area contributed by atoms with Crippen molar-refractivity contribution in [3.63, 3.8) is 0 Å². The first-order valence-corrected chi connectivity index (χ1v) is 11.1. The molecule has 0 atom stereocenters. The minimum Gasteiger partial charge on any atom is -0.299 e. The number of nitrogens with zero attached hydrogens (tertiary/aromatic N) is 4. The fourth-order valence-electron chi connectivity index (χ4n) is 3.26. The molecule has 2 aromatic rings. The molecule has 0 fully saturated rings. The number of carbonyl (C=O) groups is 1. The highest BCUT2D eigenvalue weighted by molar-refractivity contribution is 5.77. The summed E-state index contributed by atoms with van der Waals surface area (Å²) in [7, 11) is 0. The van der Waals surface area contributed by atoms with E-state index in [9.17, 15) is 13.7 Å². The summed E-state index contributed by atoms with van der Waals surface area (Å²) in [5, 5.41) is 4.52. The first-order valence-electron chi connectivity index (χ1n) is 11.1. The van der Waals surface area contributed by atoms with Crippen LogP contribution >= 0.6 is 0 Å². The van der Waals surface area contributed by atoms with Gasteiger partial charge in [-0.1, -0.05) is 44.4 Å². The lowest BCUT2D eigenvalue weighted by Gasteiger charge is -2.18. The smallest absolute Gasteiger partial charge is 0.165 e. The molecule has 0 saturated heterocycles. The number of carbonyl (C=O) groups excluding carboxylic acids is 1. The minimum atomic E-state index is -0.654. The summed E-state index contributed by atoms with van der Waals surface area (Å²) < 4.78 is 28.9. The summed E-state index contributed by atoms with van der Waals surface area (Å²) in [5.74, 6) is 2.95. The highest BCUT2D eigenvalue weighted by Crippen LogP contribution is 2.21. The van der Waals surface area contributed by atoms with Crippen molar-refractivity contribution in [2.75, 3.05) is 18.6 Å². The Balaban J connectivity index is 2.46. The van der Waals surface area contributed by atoms with Gasteiger partial charge in [0.25, 0.3) is 0 Å². The predicted octanol–water partition coefficient (Wildman–Crippen LogP) is 4.96. The average Bonchev–Trinajstić information content (AvgIpc) is 3.17. The largest absolute Gasteiger partial charge is 0.299 e. The van der Waals surface area contributed by atoms with Crippen molar-refractivity contribution in [1.29, 1.82) is 0 Å². The van der Waals surface area contributed by atoms with Crippen LogP contribution < -0.4 is 5.54 Å². The summed E-state index contributed by atoms with van der Waals surface area (Å²) in [4.78, 5) is 18.3. The lowest BCUT2D eigenvalue weighted by atomic mass is 10.1. The Morgan fingerprint density at radius 1 is 1.36 bits per heavy atom. The van der Waals surface area contributed by atoms with Crippen molar-refractivity contribution >= 4 is 11.5 Å². The van der Waals surface area contributed by atoms with Crippen molar-refractivity contribution in [1.82, 2.24) is 19.7 Å². The van der Waals surface area contributed by atoms with Gasteiger partial charge in [0.15, 0.2) is 11.6 Å². The van der Waals surface area contributed by atoms with Crippen LogP contribution in [0.4, 0.5) is 14.6 Å². The molecule has 176 valence electrons. The number of halogens is 2. The van der Waals surface area contributed by atoms with Crippen molar-refractivity contribution in [3.8, 4) is 18.0 Å². The second kappa shape index (κ2) is 13.3. The van der Waals surface area contributed by atoms with E-state index in [0.29, 0.717) is 23.8 Å². The lowest BCUT2D eigenvalue weighted by Crippen LogP contribution is -2.29. The van der Waals surface area contributed by atoms with Crippen LogP contribution in [0.5, 0.6) is 0 Å². The van der Waals surface area contributed by atoms with E-state index in [1.165, 1.54) is 22.4 Å². The zero-order chi connectivity index (χ0) is 24.2. The summed E-state index contributed by atoms with van der Waals surface area (Å²) in [5.41, 5.74) is 2.23. The number of ketones is 1. The number of hydrogen-bond donors (Lipinski definition) is 1. The molecule has 33 heavy (non-hydrogen) atoms. The van der Waals surface area contributed by atoms with Crippen molar-refractivity contribution in [3.05, 3.63) is 59.5 Å². The van der Waals surface area contributed by atoms with Gasteiger partial charge in [-0.15, -0.1) is 16.0 Å². The topological polar surface area (TPSA) is 63.1 Å². The number of aromatic nitrogens is 3. The maximum Gasteiger partial charge on any atom is 0.165 e. The Kier molecular flexibility index (Phi) is 10.4. The van der Waals surface area contributed by atoms with Crippen LogP contribution in [0.25, 0.3) is 5.69 Å². The van der Waals surface area contributed by atoms with Gasteiger partial charge in [-0.25, -0.2) is 19.6 Å². The van der Waals surface area contributed by atoms with Gasteiger partial charge in [0.1, 0.15) is 17.3 Å². The molecule has 1 N–H and O–H groups in total. The number of Topliss-reactive ketones (excluding diaryl/α,β-unsaturated/α-hetero) is 1. The van der Waals surface area contributed by atoms with Gasteiger partial charge in [0.05, 0.1) is 18.8 Å². The van der Waals surface area contributed by atoms with Crippen LogP contribution in [0.1, 0.15) is 51.7 Å². The first-order chi connectivity index (χ1) is 15.9. The summed E-state index contributed by atoms with van der Waals surface area (Å²) >= 11 is 0. The van der Waals surface area contributed by atoms with E-state index in [1.54, 1.807) is 6.92 Å². The van der Waals surface area contributed by atoms with Gasteiger partial charge in [-0.3, -0.25) is 9.69 Å². The third kappa shape index (κ3) is 7.95. The Labute approximate surface area is 194 Å². The number of terminal acetylenes is 1. The van der Waals surface area contributed by atoms with Crippen LogP contribution in [0.2, 0.25) is 0 Å². The quantitative estimate of drug-likeness (QED) is 0.263. The summed E-state index contributed by atoms with van der Waals surface area (Å²) in [6.07, 6.45) is 14.4. The molecule has 0 radical (unpaired) electrons. The van der Waals surface area contributed by atoms with Crippen LogP contribution in [0, 0.1) is 18.2 Å². The number of allylic oxidation sites excluding steroid dienone is 4. The number of benzene rings is 1. The maximum atomic E-state index is 14.8. The zero-order valence-corrected chi connectivity index (χ0v) is 19.4. The molecular formula is C25H31F2N5O. The van der Waals surface area contributed by atoms with E-state index in [0.717, 1.165) is 31.9 Å². The Morgan fingerprint density at radius 2 is 2.15 bits per heavy atom. The molecule has 0 amide bonds. The molecule has 8 heteroatoms. The van der Waals surface area contributed by atoms with Gasteiger partial charge >= 0.3 is 0 Å². The molecule has 6 nitrogen and oxygen atoms in total. The van der Waals surface area contributed by atoms with Gasteiger partial charge in [0, 0.05) is 18.1 Å². The second-order valence-corrected chi connectivity index (χ2v) is 7.73. The van der Waals surface area contributed by atoms with Crippen LogP contribution in [-0.4, -0.2) is 38.5 Å². The van der Waals surface area contributed by atoms with Gasteiger partial charge in [-0.2, -0.15) is 0 Å². The third-order valence-electron chi connectivity index (χ3n) is 4.85. The van der Waals surface area contributed by atoms with E-state index in [4.69, 9.17) is 6.42 Å². The zero-order valence-electron chi connectivity index (χ0n) is 19.4. The maximum absolute atomic E-state index is 14.8. The third-order valence-corrected chi connectivity index (χ3v) is 4.85. The standard InChI is InChI=1S/C25H31F2N5O/c1-5-8-10-11-20(7-3)15-25-28-24(18-31(14-9-6-2)17-19(4)33)30-32(25)23-13-12-21(29-27)16-22(23)26/h3,8,10-13,16,29H,5-6,9,14-15,17-18H2,1-2,4H3/b10-8-,20-11+. The molecule has 0 aliphatic rings. The summed E-state index contributed by atoms with van der Waals surface area (Å²) in [6, 6.07) is 3.89. The van der Waals surface area contributed by atoms with Gasteiger partial charge in [0.2, 0.25) is 0 Å². The van der Waals surface area contributed by atoms with Crippen LogP contribution in [0.15, 0.2) is 42.0 Å². The number of rotatable bonds is 13. The second-order valence-electron chi connectivity index (χ2n) is 7.73. The number of nitrogens with one attached hydrogen (secondary N) is 1. The normalized spacial score (nSPS) is 11.8. The lowest BCUT2D eigenvalue weighted by molar-refractivity contribution is -0.118. The van der Waals surface area contributed by atoms with Crippen LogP contribution in [0.3, 0.4) is 0 Å². The van der Waals surface area contributed by atoms with Gasteiger partial charge in [-0.05, 0) is 38.4 Å². The molecule has 0 aliphatic carbocycles. The molecular weight excluding hydrogens is 424 g/mol. The minimum absolute atomic E-state index is 0.000694. The fourth-order valence-corrected chi connectivity index (χ4v) is 3.26. The number of anilines is 1. The molecule has 0 saturated carbocycles. The van der Waals surface area contributed by atoms with Crippen molar-refractivity contribution in [2.24, 2.45) is 0 Å². The van der Waals surface area contributed by atoms with E-state index < -0.39 is 5.82 Å². The monoisotopic (exact) mass is 455 g/mol. The fraction of sp³-hybridized carbons (Fsp3) is 0.400. The average molecular weight is 456 g/mol.